The normalized spacial score (nSPS) is 11.1. The number of alkyl halides is 3. The van der Waals surface area contributed by atoms with Crippen LogP contribution < -0.4 is 9.47 Å². The summed E-state index contributed by atoms with van der Waals surface area (Å²) in [5.74, 6) is 0.294. The smallest absolute Gasteiger partial charge is 0.406 e. The molecule has 7 nitrogen and oxygen atoms in total. The number of halogens is 3. The number of rotatable bonds is 8. The highest BCUT2D eigenvalue weighted by atomic mass is 19.4. The van der Waals surface area contributed by atoms with Gasteiger partial charge in [0, 0.05) is 12.1 Å². The van der Waals surface area contributed by atoms with Crippen LogP contribution in [0, 0.1) is 25.2 Å². The quantitative estimate of drug-likeness (QED) is 0.460. The number of benzene rings is 2. The second kappa shape index (κ2) is 10.3. The minimum atomic E-state index is -4.59. The lowest BCUT2D eigenvalue weighted by molar-refractivity contribution is -0.141. The molecule has 34 heavy (non-hydrogen) atoms. The lowest BCUT2D eigenvalue weighted by Gasteiger charge is -2.24. The van der Waals surface area contributed by atoms with Gasteiger partial charge in [0.05, 0.1) is 30.0 Å². The minimum Gasteiger partial charge on any atom is -0.493 e. The highest BCUT2D eigenvalue weighted by Gasteiger charge is 2.33. The zero-order chi connectivity index (χ0) is 24.9. The molecule has 0 spiro atoms. The molecule has 2 aromatic carbocycles. The van der Waals surface area contributed by atoms with Crippen LogP contribution in [0.3, 0.4) is 0 Å². The van der Waals surface area contributed by atoms with E-state index in [4.69, 9.17) is 19.3 Å². The molecule has 0 saturated carbocycles. The summed E-state index contributed by atoms with van der Waals surface area (Å²) >= 11 is 0. The molecule has 178 valence electrons. The molecule has 0 unspecified atom stereocenters. The molecule has 0 aliphatic carbocycles. The number of carbonyl (C=O) groups excluding carboxylic acids is 1. The third kappa shape index (κ3) is 6.07. The molecular weight excluding hydrogens is 451 g/mol. The predicted octanol–water partition coefficient (Wildman–Crippen LogP) is 4.96. The van der Waals surface area contributed by atoms with E-state index in [1.165, 1.54) is 49.6 Å². The number of carbonyl (C=O) groups is 1. The summed E-state index contributed by atoms with van der Waals surface area (Å²) in [6.07, 6.45) is -4.59. The fourth-order valence-electron chi connectivity index (χ4n) is 3.28. The zero-order valence-corrected chi connectivity index (χ0v) is 18.8. The van der Waals surface area contributed by atoms with Crippen LogP contribution in [-0.4, -0.2) is 35.8 Å². The van der Waals surface area contributed by atoms with Gasteiger partial charge >= 0.3 is 6.18 Å². The van der Waals surface area contributed by atoms with Gasteiger partial charge in [-0.15, -0.1) is 0 Å². The van der Waals surface area contributed by atoms with Gasteiger partial charge in [0.25, 0.3) is 5.91 Å². The summed E-state index contributed by atoms with van der Waals surface area (Å²) in [7, 11) is 1.37. The fourth-order valence-corrected chi connectivity index (χ4v) is 3.28. The second-order valence-corrected chi connectivity index (χ2v) is 7.54. The topological polar surface area (TPSA) is 88.6 Å². The summed E-state index contributed by atoms with van der Waals surface area (Å²) < 4.78 is 55.8. The Balaban J connectivity index is 1.82. The molecule has 0 bridgehead atoms. The molecule has 0 aliphatic rings. The van der Waals surface area contributed by atoms with Gasteiger partial charge in [-0.25, -0.2) is 0 Å². The number of aryl methyl sites for hydroxylation is 2. The van der Waals surface area contributed by atoms with Gasteiger partial charge in [-0.05, 0) is 49.7 Å². The second-order valence-electron chi connectivity index (χ2n) is 7.54. The number of hydrogen-bond donors (Lipinski definition) is 0. The number of methoxy groups -OCH3 is 1. The lowest BCUT2D eigenvalue weighted by Crippen LogP contribution is -2.38. The van der Waals surface area contributed by atoms with Gasteiger partial charge in [0.15, 0.2) is 11.5 Å². The number of nitrogens with zero attached hydrogens (tertiary/aromatic N) is 3. The predicted molar refractivity (Wildman–Crippen MR) is 115 cm³/mol. The van der Waals surface area contributed by atoms with Crippen molar-refractivity contribution in [3.8, 4) is 17.6 Å². The van der Waals surface area contributed by atoms with E-state index in [0.29, 0.717) is 33.2 Å². The zero-order valence-electron chi connectivity index (χ0n) is 18.8. The molecule has 0 atom stereocenters. The molecule has 10 heteroatoms. The summed E-state index contributed by atoms with van der Waals surface area (Å²) in [5, 5.41) is 12.8. The number of aromatic nitrogens is 1. The van der Waals surface area contributed by atoms with Crippen molar-refractivity contribution in [2.75, 3.05) is 13.7 Å². The Morgan fingerprint density at radius 2 is 1.85 bits per heavy atom. The summed E-state index contributed by atoms with van der Waals surface area (Å²) in [6, 6.07) is 12.1. The standard InChI is InChI=1S/C24H22F3N3O4/c1-15-20(16(2)34-29-15)13-33-21-9-8-19(10-22(21)32-3)23(31)30(14-24(25,26)27)12-18-6-4-17(11-28)5-7-18/h4-10H,12-14H2,1-3H3. The van der Waals surface area contributed by atoms with Gasteiger partial charge in [0.1, 0.15) is 18.9 Å². The Hall–Kier alpha value is -4.00. The van der Waals surface area contributed by atoms with Crippen LogP contribution >= 0.6 is 0 Å². The van der Waals surface area contributed by atoms with E-state index in [1.807, 2.05) is 6.07 Å². The molecule has 3 rings (SSSR count). The molecule has 0 aliphatic heterocycles. The molecule has 1 heterocycles. The molecule has 3 aromatic rings. The Kier molecular flexibility index (Phi) is 7.46. The first-order chi connectivity index (χ1) is 16.1. The Bertz CT molecular complexity index is 1180. The number of ether oxygens (including phenoxy) is 2. The number of amides is 1. The van der Waals surface area contributed by atoms with Crippen molar-refractivity contribution in [2.45, 2.75) is 33.2 Å². The van der Waals surface area contributed by atoms with Crippen LogP contribution in [0.5, 0.6) is 11.5 Å². The molecule has 1 amide bonds. The molecule has 1 aromatic heterocycles. The van der Waals surface area contributed by atoms with Crippen molar-refractivity contribution in [3.05, 3.63) is 76.2 Å². The van der Waals surface area contributed by atoms with Crippen LogP contribution in [0.1, 0.15) is 38.5 Å². The number of hydrogen-bond acceptors (Lipinski definition) is 6. The van der Waals surface area contributed by atoms with Gasteiger partial charge in [-0.3, -0.25) is 4.79 Å². The first-order valence-corrected chi connectivity index (χ1v) is 10.2. The summed E-state index contributed by atoms with van der Waals surface area (Å²) in [4.78, 5) is 13.7. The van der Waals surface area contributed by atoms with E-state index in [-0.39, 0.29) is 24.5 Å². The third-order valence-electron chi connectivity index (χ3n) is 5.08. The van der Waals surface area contributed by atoms with Crippen LogP contribution in [0.2, 0.25) is 0 Å². The molecule has 0 fully saturated rings. The highest BCUT2D eigenvalue weighted by Crippen LogP contribution is 2.31. The SMILES string of the molecule is COc1cc(C(=O)N(Cc2ccc(C#N)cc2)CC(F)(F)F)ccc1OCc1c(C)noc1C. The minimum absolute atomic E-state index is 0.0134. The van der Waals surface area contributed by atoms with E-state index >= 15 is 0 Å². The van der Waals surface area contributed by atoms with Crippen molar-refractivity contribution in [3.63, 3.8) is 0 Å². The van der Waals surface area contributed by atoms with E-state index in [1.54, 1.807) is 13.8 Å². The fraction of sp³-hybridized carbons (Fsp3) is 0.292. The first kappa shape index (κ1) is 24.6. The van der Waals surface area contributed by atoms with Crippen LogP contribution in [0.15, 0.2) is 47.0 Å². The van der Waals surface area contributed by atoms with E-state index in [0.717, 1.165) is 5.56 Å². The third-order valence-corrected chi connectivity index (χ3v) is 5.08. The summed E-state index contributed by atoms with van der Waals surface area (Å²) in [5.41, 5.74) is 2.28. The van der Waals surface area contributed by atoms with Gasteiger partial charge in [-0.2, -0.15) is 18.4 Å². The van der Waals surface area contributed by atoms with Crippen molar-refractivity contribution in [1.29, 1.82) is 5.26 Å². The average Bonchev–Trinajstić information content (AvgIpc) is 3.13. The maximum absolute atomic E-state index is 13.2. The highest BCUT2D eigenvalue weighted by molar-refractivity contribution is 5.95. The lowest BCUT2D eigenvalue weighted by atomic mass is 10.1. The Labute approximate surface area is 194 Å². The largest absolute Gasteiger partial charge is 0.493 e. The Morgan fingerprint density at radius 3 is 2.41 bits per heavy atom. The van der Waals surface area contributed by atoms with Gasteiger partial charge < -0.3 is 18.9 Å². The first-order valence-electron chi connectivity index (χ1n) is 10.2. The van der Waals surface area contributed by atoms with Crippen molar-refractivity contribution in [2.24, 2.45) is 0 Å². The van der Waals surface area contributed by atoms with Gasteiger partial charge in [0.2, 0.25) is 0 Å². The van der Waals surface area contributed by atoms with E-state index < -0.39 is 18.6 Å². The Morgan fingerprint density at radius 1 is 1.15 bits per heavy atom. The van der Waals surface area contributed by atoms with Gasteiger partial charge in [-0.1, -0.05) is 17.3 Å². The number of nitriles is 1. The van der Waals surface area contributed by atoms with Crippen LogP contribution in [-0.2, 0) is 13.2 Å². The summed E-state index contributed by atoms with van der Waals surface area (Å²) in [6.45, 7) is 1.96. The average molecular weight is 473 g/mol. The van der Waals surface area contributed by atoms with E-state index in [2.05, 4.69) is 5.16 Å². The van der Waals surface area contributed by atoms with Crippen molar-refractivity contribution < 1.29 is 32.0 Å². The maximum Gasteiger partial charge on any atom is 0.406 e. The maximum atomic E-state index is 13.2. The molecular formula is C24H22F3N3O4. The van der Waals surface area contributed by atoms with Crippen LogP contribution in [0.4, 0.5) is 13.2 Å². The van der Waals surface area contributed by atoms with Crippen molar-refractivity contribution >= 4 is 5.91 Å². The molecule has 0 N–H and O–H groups in total. The molecule has 0 radical (unpaired) electrons. The molecule has 0 saturated heterocycles. The van der Waals surface area contributed by atoms with E-state index in [9.17, 15) is 18.0 Å². The van der Waals surface area contributed by atoms with Crippen LogP contribution in [0.25, 0.3) is 0 Å². The monoisotopic (exact) mass is 473 g/mol. The van der Waals surface area contributed by atoms with Crippen molar-refractivity contribution in [1.82, 2.24) is 10.1 Å².